The fourth-order valence-corrected chi connectivity index (χ4v) is 2.28. The topological polar surface area (TPSA) is 34.4 Å². The van der Waals surface area contributed by atoms with Gasteiger partial charge in [0.2, 0.25) is 0 Å². The Balaban J connectivity index is 2.06. The van der Waals surface area contributed by atoms with Gasteiger partial charge in [-0.2, -0.15) is 0 Å². The zero-order valence-electron chi connectivity index (χ0n) is 10.1. The summed E-state index contributed by atoms with van der Waals surface area (Å²) in [4.78, 5) is 15.2. The van der Waals surface area contributed by atoms with Gasteiger partial charge in [0.1, 0.15) is 5.82 Å². The van der Waals surface area contributed by atoms with E-state index >= 15 is 0 Å². The molecule has 3 aromatic rings. The molecule has 0 radical (unpaired) electrons. The number of aldehydes is 1. The number of fused-ring (bicyclic) bond motifs is 1. The summed E-state index contributed by atoms with van der Waals surface area (Å²) < 4.78 is 1.92. The van der Waals surface area contributed by atoms with Crippen LogP contribution in [0.4, 0.5) is 0 Å². The number of nitrogens with zero attached hydrogens (tertiary/aromatic N) is 2. The SMILES string of the molecule is O=Cc1ccc2cnc(Cc3ccccc3Cl)n2c1. The first-order chi connectivity index (χ1) is 9.28. The first-order valence-electron chi connectivity index (χ1n) is 5.92. The lowest BCUT2D eigenvalue weighted by molar-refractivity contribution is 0.112. The highest BCUT2D eigenvalue weighted by Crippen LogP contribution is 2.19. The van der Waals surface area contributed by atoms with Crippen LogP contribution in [0.5, 0.6) is 0 Å². The Morgan fingerprint density at radius 3 is 2.84 bits per heavy atom. The largest absolute Gasteiger partial charge is 0.303 e. The van der Waals surface area contributed by atoms with Crippen molar-refractivity contribution in [1.82, 2.24) is 9.38 Å². The quantitative estimate of drug-likeness (QED) is 0.684. The van der Waals surface area contributed by atoms with Gasteiger partial charge >= 0.3 is 0 Å². The second-order valence-electron chi connectivity index (χ2n) is 4.32. The molecule has 0 N–H and O–H groups in total. The molecule has 2 aromatic heterocycles. The molecule has 94 valence electrons. The van der Waals surface area contributed by atoms with Crippen LogP contribution in [-0.4, -0.2) is 15.7 Å². The van der Waals surface area contributed by atoms with Gasteiger partial charge in [-0.15, -0.1) is 0 Å². The number of hydrogen-bond donors (Lipinski definition) is 0. The molecule has 3 rings (SSSR count). The predicted molar refractivity (Wildman–Crippen MR) is 74.8 cm³/mol. The molecule has 0 fully saturated rings. The number of benzene rings is 1. The first kappa shape index (κ1) is 11.9. The zero-order chi connectivity index (χ0) is 13.2. The molecule has 2 heterocycles. The third kappa shape index (κ3) is 2.25. The molecule has 4 heteroatoms. The Hall–Kier alpha value is -2.13. The molecular weight excluding hydrogens is 260 g/mol. The molecule has 1 aromatic carbocycles. The summed E-state index contributed by atoms with van der Waals surface area (Å²) in [6, 6.07) is 11.4. The minimum absolute atomic E-state index is 0.630. The van der Waals surface area contributed by atoms with Gasteiger partial charge < -0.3 is 4.40 Å². The minimum atomic E-state index is 0.630. The van der Waals surface area contributed by atoms with Crippen molar-refractivity contribution in [3.05, 3.63) is 70.8 Å². The Morgan fingerprint density at radius 1 is 1.21 bits per heavy atom. The number of carbonyl (C=O) groups excluding carboxylic acids is 1. The number of aromatic nitrogens is 2. The van der Waals surface area contributed by atoms with Gasteiger partial charge in [-0.3, -0.25) is 4.79 Å². The van der Waals surface area contributed by atoms with Gasteiger partial charge in [0.15, 0.2) is 6.29 Å². The monoisotopic (exact) mass is 270 g/mol. The average Bonchev–Trinajstić information content (AvgIpc) is 2.84. The van der Waals surface area contributed by atoms with Crippen molar-refractivity contribution >= 4 is 23.4 Å². The second-order valence-corrected chi connectivity index (χ2v) is 4.72. The van der Waals surface area contributed by atoms with Gasteiger partial charge in [0.05, 0.1) is 11.7 Å². The molecule has 0 aliphatic carbocycles. The lowest BCUT2D eigenvalue weighted by Crippen LogP contribution is -1.98. The van der Waals surface area contributed by atoms with E-state index in [1.165, 1.54) is 0 Å². The van der Waals surface area contributed by atoms with E-state index < -0.39 is 0 Å². The summed E-state index contributed by atoms with van der Waals surface area (Å²) in [7, 11) is 0. The van der Waals surface area contributed by atoms with E-state index in [0.717, 1.165) is 28.2 Å². The molecule has 0 aliphatic rings. The zero-order valence-corrected chi connectivity index (χ0v) is 10.8. The Morgan fingerprint density at radius 2 is 2.05 bits per heavy atom. The van der Waals surface area contributed by atoms with Crippen molar-refractivity contribution in [2.45, 2.75) is 6.42 Å². The van der Waals surface area contributed by atoms with Crippen LogP contribution < -0.4 is 0 Å². The number of hydrogen-bond acceptors (Lipinski definition) is 2. The Labute approximate surface area is 115 Å². The van der Waals surface area contributed by atoms with Crippen molar-refractivity contribution in [2.24, 2.45) is 0 Å². The van der Waals surface area contributed by atoms with Crippen molar-refractivity contribution in [1.29, 1.82) is 0 Å². The van der Waals surface area contributed by atoms with Crippen LogP contribution in [0, 0.1) is 0 Å². The van der Waals surface area contributed by atoms with Crippen LogP contribution in [0.25, 0.3) is 5.52 Å². The lowest BCUT2D eigenvalue weighted by Gasteiger charge is -2.04. The number of imidazole rings is 1. The van der Waals surface area contributed by atoms with Gasteiger partial charge in [-0.05, 0) is 23.8 Å². The summed E-state index contributed by atoms with van der Waals surface area (Å²) in [5, 5.41) is 0.728. The molecule has 0 spiro atoms. The maximum atomic E-state index is 10.8. The standard InChI is InChI=1S/C15H11ClN2O/c16-14-4-2-1-3-12(14)7-15-17-8-13-6-5-11(10-19)9-18(13)15/h1-6,8-10H,7H2. The summed E-state index contributed by atoms with van der Waals surface area (Å²) in [5.41, 5.74) is 2.62. The maximum Gasteiger partial charge on any atom is 0.151 e. The molecule has 0 aliphatic heterocycles. The summed E-state index contributed by atoms with van der Waals surface area (Å²) in [6.45, 7) is 0. The summed E-state index contributed by atoms with van der Waals surface area (Å²) in [6.07, 6.45) is 5.05. The highest BCUT2D eigenvalue weighted by molar-refractivity contribution is 6.31. The van der Waals surface area contributed by atoms with Crippen molar-refractivity contribution in [2.75, 3.05) is 0 Å². The van der Waals surface area contributed by atoms with E-state index in [2.05, 4.69) is 4.98 Å². The third-order valence-electron chi connectivity index (χ3n) is 3.07. The van der Waals surface area contributed by atoms with Crippen LogP contribution in [0.1, 0.15) is 21.7 Å². The molecule has 0 unspecified atom stereocenters. The van der Waals surface area contributed by atoms with Crippen molar-refractivity contribution < 1.29 is 4.79 Å². The van der Waals surface area contributed by atoms with Crippen LogP contribution in [0.2, 0.25) is 5.02 Å². The molecule has 0 saturated heterocycles. The van der Waals surface area contributed by atoms with E-state index in [-0.39, 0.29) is 0 Å². The van der Waals surface area contributed by atoms with E-state index in [1.54, 1.807) is 18.5 Å². The molecule has 19 heavy (non-hydrogen) atoms. The van der Waals surface area contributed by atoms with Gasteiger partial charge in [-0.25, -0.2) is 4.98 Å². The van der Waals surface area contributed by atoms with Gasteiger partial charge in [0, 0.05) is 23.2 Å². The Kier molecular flexibility index (Phi) is 3.05. The summed E-state index contributed by atoms with van der Waals surface area (Å²) >= 11 is 6.16. The Bertz CT molecular complexity index is 749. The molecule has 3 nitrogen and oxygen atoms in total. The predicted octanol–water partition coefficient (Wildman–Crippen LogP) is 3.39. The van der Waals surface area contributed by atoms with Crippen LogP contribution in [-0.2, 0) is 6.42 Å². The average molecular weight is 271 g/mol. The minimum Gasteiger partial charge on any atom is -0.303 e. The molecule has 0 atom stereocenters. The van der Waals surface area contributed by atoms with Crippen LogP contribution in [0.15, 0.2) is 48.8 Å². The van der Waals surface area contributed by atoms with E-state index in [0.29, 0.717) is 12.0 Å². The lowest BCUT2D eigenvalue weighted by atomic mass is 10.1. The van der Waals surface area contributed by atoms with E-state index in [9.17, 15) is 4.79 Å². The third-order valence-corrected chi connectivity index (χ3v) is 3.44. The number of halogens is 1. The molecule has 0 saturated carbocycles. The fourth-order valence-electron chi connectivity index (χ4n) is 2.07. The van der Waals surface area contributed by atoms with Crippen molar-refractivity contribution in [3.63, 3.8) is 0 Å². The fraction of sp³-hybridized carbons (Fsp3) is 0.0667. The maximum absolute atomic E-state index is 10.8. The normalized spacial score (nSPS) is 10.8. The number of rotatable bonds is 3. The number of pyridine rings is 1. The highest BCUT2D eigenvalue weighted by atomic mass is 35.5. The smallest absolute Gasteiger partial charge is 0.151 e. The second kappa shape index (κ2) is 4.86. The molecular formula is C15H11ClN2O. The van der Waals surface area contributed by atoms with Gasteiger partial charge in [-0.1, -0.05) is 29.8 Å². The summed E-state index contributed by atoms with van der Waals surface area (Å²) in [5.74, 6) is 0.867. The molecule has 0 bridgehead atoms. The van der Waals surface area contributed by atoms with Crippen molar-refractivity contribution in [3.8, 4) is 0 Å². The van der Waals surface area contributed by atoms with Gasteiger partial charge in [0.25, 0.3) is 0 Å². The highest BCUT2D eigenvalue weighted by Gasteiger charge is 2.07. The van der Waals surface area contributed by atoms with E-state index in [4.69, 9.17) is 11.6 Å². The van der Waals surface area contributed by atoms with Crippen LogP contribution in [0.3, 0.4) is 0 Å². The van der Waals surface area contributed by atoms with E-state index in [1.807, 2.05) is 34.7 Å². The first-order valence-corrected chi connectivity index (χ1v) is 6.30. The number of carbonyl (C=O) groups is 1. The molecule has 0 amide bonds. The van der Waals surface area contributed by atoms with Crippen LogP contribution >= 0.6 is 11.6 Å².